The van der Waals surface area contributed by atoms with Gasteiger partial charge in [-0.15, -0.1) is 0 Å². The molecule has 0 aromatic carbocycles. The summed E-state index contributed by atoms with van der Waals surface area (Å²) in [5, 5.41) is 0. The molecule has 0 aromatic rings. The quantitative estimate of drug-likeness (QED) is 0.382. The van der Waals surface area contributed by atoms with Crippen LogP contribution in [0.15, 0.2) is 0 Å². The molecule has 0 amide bonds. The molecule has 0 aromatic heterocycles. The van der Waals surface area contributed by atoms with Crippen LogP contribution < -0.4 is 0 Å². The molecule has 0 atom stereocenters. The van der Waals surface area contributed by atoms with Crippen molar-refractivity contribution in [3.8, 4) is 0 Å². The second kappa shape index (κ2) is 12.0. The molecule has 0 aliphatic carbocycles. The van der Waals surface area contributed by atoms with Crippen LogP contribution in [0.2, 0.25) is 43.4 Å². The summed E-state index contributed by atoms with van der Waals surface area (Å²) in [4.78, 5) is 20.2. The van der Waals surface area contributed by atoms with Crippen molar-refractivity contribution in [2.24, 2.45) is 0 Å². The van der Waals surface area contributed by atoms with Gasteiger partial charge in [-0.25, -0.2) is 0 Å². The molecule has 0 N–H and O–H groups in total. The van der Waals surface area contributed by atoms with Crippen molar-refractivity contribution in [3.63, 3.8) is 0 Å². The molecule has 4 heteroatoms. The van der Waals surface area contributed by atoms with Gasteiger partial charge < -0.3 is 0 Å². The molecule has 0 unspecified atom stereocenters. The van der Waals surface area contributed by atoms with Gasteiger partial charge in [0.05, 0.1) is 0 Å². The van der Waals surface area contributed by atoms with Crippen LogP contribution in [0, 0.1) is 0 Å². The van der Waals surface area contributed by atoms with Crippen LogP contribution >= 0.6 is 0 Å². The molecule has 0 rings (SSSR count). The summed E-state index contributed by atoms with van der Waals surface area (Å²) in [6.07, 6.45) is 0. The Labute approximate surface area is 134 Å². The van der Waals surface area contributed by atoms with E-state index in [9.17, 15) is 0 Å². The minimum atomic E-state index is -0.720. The van der Waals surface area contributed by atoms with Crippen LogP contribution in [-0.2, 0) is 0 Å². The van der Waals surface area contributed by atoms with Gasteiger partial charge in [-0.1, -0.05) is 0 Å². The molecule has 0 bridgehead atoms. The molecule has 0 aliphatic rings. The zero-order valence-corrected chi connectivity index (χ0v) is 24.6. The molecule has 0 aliphatic heterocycles. The Kier molecular flexibility index (Phi) is 16.1. The number of hydrogen-bond donors (Lipinski definition) is 0. The molecule has 16 heavy (non-hydrogen) atoms. The van der Waals surface area contributed by atoms with E-state index in [1.54, 1.807) is 0 Å². The van der Waals surface area contributed by atoms with E-state index < -0.39 is 79.0 Å². The van der Waals surface area contributed by atoms with Crippen molar-refractivity contribution in [2.75, 3.05) is 0 Å². The second-order valence-corrected chi connectivity index (χ2v) is 49.6. The Morgan fingerprint density at radius 1 is 0.438 bits per heavy atom. The van der Waals surface area contributed by atoms with Gasteiger partial charge in [0.2, 0.25) is 0 Å². The van der Waals surface area contributed by atoms with Gasteiger partial charge >= 0.3 is 136 Å². The predicted molar refractivity (Wildman–Crippen MR) is 88.8 cm³/mol. The summed E-state index contributed by atoms with van der Waals surface area (Å²) in [5.74, 6) is 0. The number of rotatable bonds is 4. The van der Waals surface area contributed by atoms with E-state index >= 15 is 0 Å². The first-order chi connectivity index (χ1) is 7.11. The SMILES string of the molecule is C[CH]([Sn]([CH3])[CH3])[Sn]([CH3])[CH3].C[CH]([Sn]([CH3])[CH3])[Sn]([CH3])[CH3]. The first-order valence-electron chi connectivity index (χ1n) is 6.31. The molecule has 96 valence electrons. The summed E-state index contributed by atoms with van der Waals surface area (Å²) >= 11 is -2.88. The molecule has 0 saturated heterocycles. The van der Waals surface area contributed by atoms with Crippen LogP contribution in [0.3, 0.4) is 0 Å². The van der Waals surface area contributed by atoms with E-state index in [1.807, 2.05) is 0 Å². The molecule has 0 spiro atoms. The fourth-order valence-corrected chi connectivity index (χ4v) is 52.0. The Bertz CT molecular complexity index is 121. The van der Waals surface area contributed by atoms with Crippen molar-refractivity contribution in [3.05, 3.63) is 0 Å². The van der Waals surface area contributed by atoms with E-state index in [4.69, 9.17) is 0 Å². The van der Waals surface area contributed by atoms with Gasteiger partial charge in [-0.2, -0.15) is 0 Å². The third-order valence-electron chi connectivity index (χ3n) is 3.46. The average molecular weight is 651 g/mol. The third kappa shape index (κ3) is 12.2. The fourth-order valence-electron chi connectivity index (χ4n) is 1.15. The van der Waals surface area contributed by atoms with Gasteiger partial charge in [0.15, 0.2) is 0 Å². The molecule has 0 fully saturated rings. The summed E-state index contributed by atoms with van der Waals surface area (Å²) in [6, 6.07) is 0. The van der Waals surface area contributed by atoms with Gasteiger partial charge in [0, 0.05) is 0 Å². The first kappa shape index (κ1) is 21.5. The van der Waals surface area contributed by atoms with E-state index in [1.165, 1.54) is 3.90 Å². The van der Waals surface area contributed by atoms with Crippen molar-refractivity contribution >= 4 is 79.0 Å². The van der Waals surface area contributed by atoms with Crippen LogP contribution in [0.1, 0.15) is 13.8 Å². The van der Waals surface area contributed by atoms with E-state index in [0.717, 1.165) is 0 Å². The van der Waals surface area contributed by atoms with Crippen molar-refractivity contribution in [2.45, 2.75) is 57.3 Å². The average Bonchev–Trinajstić information content (AvgIpc) is 2.15. The van der Waals surface area contributed by atoms with Crippen LogP contribution in [-0.4, -0.2) is 79.0 Å². The molecule has 4 radical (unpaired) electrons. The third-order valence-corrected chi connectivity index (χ3v) is 67.5. The molecular weight excluding hydrogens is 619 g/mol. The monoisotopic (exact) mass is 656 g/mol. The zero-order chi connectivity index (χ0) is 13.5. The summed E-state index contributed by atoms with van der Waals surface area (Å²) < 4.78 is 2.53. The van der Waals surface area contributed by atoms with Crippen molar-refractivity contribution in [1.29, 1.82) is 0 Å². The minimum absolute atomic E-state index is 0.720. The van der Waals surface area contributed by atoms with Crippen LogP contribution in [0.25, 0.3) is 0 Å². The maximum atomic E-state index is 2.53. The summed E-state index contributed by atoms with van der Waals surface area (Å²) in [5.41, 5.74) is 0. The number of hydrogen-bond acceptors (Lipinski definition) is 0. The van der Waals surface area contributed by atoms with Gasteiger partial charge in [-0.05, 0) is 0 Å². The second-order valence-electron chi connectivity index (χ2n) is 5.75. The molecule has 0 heterocycles. The van der Waals surface area contributed by atoms with Crippen molar-refractivity contribution < 1.29 is 0 Å². The zero-order valence-electron chi connectivity index (χ0n) is 13.2. The van der Waals surface area contributed by atoms with Gasteiger partial charge in [0.25, 0.3) is 0 Å². The Hall–Kier alpha value is 3.19. The Morgan fingerprint density at radius 2 is 0.562 bits per heavy atom. The summed E-state index contributed by atoms with van der Waals surface area (Å²) in [6.45, 7) is 4.98. The summed E-state index contributed by atoms with van der Waals surface area (Å²) in [7, 11) is 0. The van der Waals surface area contributed by atoms with Gasteiger partial charge in [0.1, 0.15) is 0 Å². The molecule has 0 saturated carbocycles. The van der Waals surface area contributed by atoms with Crippen LogP contribution in [0.4, 0.5) is 0 Å². The maximum absolute atomic E-state index is 2.53. The standard InChI is InChI=1S/2C2H4.8CH3.4Sn/c2*1-2;;;;;;;;;;;;/h2*1H,2H3;8*1H3;;;;. The topological polar surface area (TPSA) is 0 Å². The van der Waals surface area contributed by atoms with E-state index in [-0.39, 0.29) is 0 Å². The molecule has 0 nitrogen and oxygen atoms in total. The van der Waals surface area contributed by atoms with Crippen LogP contribution in [0.5, 0.6) is 0 Å². The first-order valence-corrected chi connectivity index (χ1v) is 35.7. The molecular formula is C12H32Sn4. The van der Waals surface area contributed by atoms with E-state index in [2.05, 4.69) is 53.4 Å². The Balaban J connectivity index is 0. The van der Waals surface area contributed by atoms with E-state index in [0.29, 0.717) is 0 Å². The van der Waals surface area contributed by atoms with Gasteiger partial charge in [-0.3, -0.25) is 0 Å². The predicted octanol–water partition coefficient (Wildman–Crippen LogP) is 4.85. The Morgan fingerprint density at radius 3 is 0.562 bits per heavy atom. The normalized spacial score (nSPS) is 12.0. The van der Waals surface area contributed by atoms with Crippen molar-refractivity contribution in [1.82, 2.24) is 0 Å². The fraction of sp³-hybridized carbons (Fsp3) is 1.00.